The van der Waals surface area contributed by atoms with E-state index in [4.69, 9.17) is 18.9 Å². The topological polar surface area (TPSA) is 108 Å². The molecule has 0 fully saturated rings. The maximum atomic E-state index is 12.8. The molecule has 9 nitrogen and oxygen atoms in total. The molecule has 368 valence electrons. The van der Waals surface area contributed by atoms with E-state index in [-0.39, 0.29) is 38.2 Å². The van der Waals surface area contributed by atoms with Crippen LogP contribution in [0.25, 0.3) is 0 Å². The van der Waals surface area contributed by atoms with Crippen molar-refractivity contribution < 1.29 is 42.9 Å². The SMILES string of the molecule is CCCCCCCCCCCCCCCCCCCCCCCCCCCCC(=O)OC(COC(=O)CCCCCCCCCCCCC)COC(OCC[N+](C)(C)C)C(=O)O. The number of unbranched alkanes of at least 4 members (excludes halogenated alkanes) is 35. The van der Waals surface area contributed by atoms with Gasteiger partial charge in [-0.2, -0.15) is 0 Å². The van der Waals surface area contributed by atoms with Crippen LogP contribution in [0.5, 0.6) is 0 Å². The molecule has 0 aliphatic carbocycles. The first-order valence-corrected chi connectivity index (χ1v) is 26.7. The van der Waals surface area contributed by atoms with Gasteiger partial charge in [0.05, 0.1) is 34.4 Å². The van der Waals surface area contributed by atoms with E-state index >= 15 is 0 Å². The molecule has 1 N–H and O–H groups in total. The molecule has 0 radical (unpaired) electrons. The van der Waals surface area contributed by atoms with Gasteiger partial charge in [0.15, 0.2) is 6.10 Å². The molecule has 2 unspecified atom stereocenters. The van der Waals surface area contributed by atoms with E-state index in [9.17, 15) is 19.5 Å². The Labute approximate surface area is 383 Å². The molecule has 0 aromatic carbocycles. The Balaban J connectivity index is 4.13. The number of hydrogen-bond donors (Lipinski definition) is 1. The van der Waals surface area contributed by atoms with Gasteiger partial charge in [0.2, 0.25) is 0 Å². The predicted octanol–water partition coefficient (Wildman–Crippen LogP) is 14.8. The Morgan fingerprint density at radius 1 is 0.419 bits per heavy atom. The molecule has 0 aliphatic rings. The molecule has 2 atom stereocenters. The van der Waals surface area contributed by atoms with Gasteiger partial charge < -0.3 is 28.5 Å². The summed E-state index contributed by atoms with van der Waals surface area (Å²) in [4.78, 5) is 37.2. The summed E-state index contributed by atoms with van der Waals surface area (Å²) in [7, 11) is 5.97. The van der Waals surface area contributed by atoms with Gasteiger partial charge in [-0.25, -0.2) is 4.79 Å². The Morgan fingerprint density at radius 3 is 1.03 bits per heavy atom. The minimum Gasteiger partial charge on any atom is -0.477 e. The number of hydrogen-bond acceptors (Lipinski definition) is 7. The maximum absolute atomic E-state index is 12.8. The van der Waals surface area contributed by atoms with Gasteiger partial charge in [-0.3, -0.25) is 9.59 Å². The average molecular weight is 883 g/mol. The molecule has 62 heavy (non-hydrogen) atoms. The third-order valence-corrected chi connectivity index (χ3v) is 12.1. The van der Waals surface area contributed by atoms with E-state index in [2.05, 4.69) is 13.8 Å². The lowest BCUT2D eigenvalue weighted by atomic mass is 10.0. The number of carbonyl (C=O) groups is 3. The number of carboxylic acids is 1. The fraction of sp³-hybridized carbons (Fsp3) is 0.943. The van der Waals surface area contributed by atoms with E-state index < -0.39 is 18.4 Å². The molecule has 0 heterocycles. The van der Waals surface area contributed by atoms with Crippen molar-refractivity contribution in [1.82, 2.24) is 0 Å². The monoisotopic (exact) mass is 883 g/mol. The summed E-state index contributed by atoms with van der Waals surface area (Å²) in [5.41, 5.74) is 0. The van der Waals surface area contributed by atoms with E-state index in [1.54, 1.807) is 0 Å². The lowest BCUT2D eigenvalue weighted by molar-refractivity contribution is -0.870. The first-order chi connectivity index (χ1) is 30.1. The number of aliphatic carboxylic acids is 1. The van der Waals surface area contributed by atoms with E-state index in [0.717, 1.165) is 38.5 Å². The molecule has 9 heteroatoms. The van der Waals surface area contributed by atoms with Crippen molar-refractivity contribution in [2.75, 3.05) is 47.5 Å². The fourth-order valence-corrected chi connectivity index (χ4v) is 7.96. The number of nitrogens with zero attached hydrogens (tertiary/aromatic N) is 1. The second-order valence-corrected chi connectivity index (χ2v) is 19.6. The number of rotatable bonds is 50. The molecule has 0 rings (SSSR count). The fourth-order valence-electron chi connectivity index (χ4n) is 7.96. The number of likely N-dealkylation sites (N-methyl/N-ethyl adjacent to an activating group) is 1. The van der Waals surface area contributed by atoms with Gasteiger partial charge in [-0.05, 0) is 12.8 Å². The summed E-state index contributed by atoms with van der Waals surface area (Å²) < 4.78 is 22.8. The highest BCUT2D eigenvalue weighted by atomic mass is 16.7. The highest BCUT2D eigenvalue weighted by Gasteiger charge is 2.25. The first-order valence-electron chi connectivity index (χ1n) is 26.7. The number of quaternary nitrogens is 1. The van der Waals surface area contributed by atoms with E-state index in [1.807, 2.05) is 21.1 Å². The van der Waals surface area contributed by atoms with Crippen molar-refractivity contribution in [2.45, 2.75) is 277 Å². The normalized spacial score (nSPS) is 12.7. The Hall–Kier alpha value is -1.71. The van der Waals surface area contributed by atoms with Crippen LogP contribution in [-0.2, 0) is 33.3 Å². The van der Waals surface area contributed by atoms with Crippen molar-refractivity contribution in [3.63, 3.8) is 0 Å². The number of esters is 2. The van der Waals surface area contributed by atoms with Crippen molar-refractivity contribution in [3.05, 3.63) is 0 Å². The van der Waals surface area contributed by atoms with Crippen molar-refractivity contribution in [1.29, 1.82) is 0 Å². The lowest BCUT2D eigenvalue weighted by Gasteiger charge is -2.25. The van der Waals surface area contributed by atoms with Crippen molar-refractivity contribution in [2.24, 2.45) is 0 Å². The van der Waals surface area contributed by atoms with Crippen molar-refractivity contribution in [3.8, 4) is 0 Å². The van der Waals surface area contributed by atoms with Crippen LogP contribution in [0, 0.1) is 0 Å². The zero-order valence-electron chi connectivity index (χ0n) is 41.8. The molecule has 0 aliphatic heterocycles. The summed E-state index contributed by atoms with van der Waals surface area (Å²) in [6.07, 6.45) is 46.1. The van der Waals surface area contributed by atoms with Crippen LogP contribution in [-0.4, -0.2) is 87.4 Å². The number of carbonyl (C=O) groups excluding carboxylic acids is 2. The van der Waals surface area contributed by atoms with Gasteiger partial charge in [0.1, 0.15) is 13.2 Å². The summed E-state index contributed by atoms with van der Waals surface area (Å²) in [5, 5.41) is 9.66. The summed E-state index contributed by atoms with van der Waals surface area (Å²) in [5.74, 6) is -1.98. The van der Waals surface area contributed by atoms with E-state index in [0.29, 0.717) is 17.4 Å². The zero-order valence-corrected chi connectivity index (χ0v) is 41.8. The van der Waals surface area contributed by atoms with Crippen LogP contribution in [0.2, 0.25) is 0 Å². The summed E-state index contributed by atoms with van der Waals surface area (Å²) in [6, 6.07) is 0. The quantitative estimate of drug-likeness (QED) is 0.0278. The largest absolute Gasteiger partial charge is 0.477 e. The molecule has 0 aromatic rings. The molecule has 0 amide bonds. The number of ether oxygens (including phenoxy) is 4. The van der Waals surface area contributed by atoms with Gasteiger partial charge in [-0.15, -0.1) is 0 Å². The molecular formula is C53H104NO8+. The van der Waals surface area contributed by atoms with Crippen LogP contribution in [0.3, 0.4) is 0 Å². The summed E-state index contributed by atoms with van der Waals surface area (Å²) >= 11 is 0. The van der Waals surface area contributed by atoms with Crippen LogP contribution in [0.15, 0.2) is 0 Å². The predicted molar refractivity (Wildman–Crippen MR) is 258 cm³/mol. The molecular weight excluding hydrogens is 779 g/mol. The highest BCUT2D eigenvalue weighted by molar-refractivity contribution is 5.71. The maximum Gasteiger partial charge on any atom is 0.361 e. The lowest BCUT2D eigenvalue weighted by Crippen LogP contribution is -2.40. The third kappa shape index (κ3) is 46.3. The molecule has 0 saturated heterocycles. The highest BCUT2D eigenvalue weighted by Crippen LogP contribution is 2.17. The third-order valence-electron chi connectivity index (χ3n) is 12.1. The second-order valence-electron chi connectivity index (χ2n) is 19.6. The van der Waals surface area contributed by atoms with Gasteiger partial charge in [0, 0.05) is 12.8 Å². The molecule has 0 bridgehead atoms. The van der Waals surface area contributed by atoms with Crippen LogP contribution in [0.4, 0.5) is 0 Å². The second kappa shape index (κ2) is 45.8. The first kappa shape index (κ1) is 60.3. The van der Waals surface area contributed by atoms with Crippen molar-refractivity contribution >= 4 is 17.9 Å². The molecule has 0 spiro atoms. The molecule has 0 saturated carbocycles. The van der Waals surface area contributed by atoms with Crippen LogP contribution >= 0.6 is 0 Å². The van der Waals surface area contributed by atoms with Gasteiger partial charge in [-0.1, -0.05) is 239 Å². The minimum absolute atomic E-state index is 0.173. The van der Waals surface area contributed by atoms with Crippen LogP contribution < -0.4 is 0 Å². The standard InChI is InChI=1S/C53H103NO8/c1-6-8-10-12-14-16-18-19-20-21-22-23-24-25-26-27-28-29-30-31-32-34-36-38-40-42-44-51(56)62-49(48-61-53(52(57)58)59-46-45-54(3,4)5)47-60-50(55)43-41-39-37-35-33-17-15-13-11-9-7-2/h49,53H,6-48H2,1-5H3/p+1. The summed E-state index contributed by atoms with van der Waals surface area (Å²) in [6.45, 7) is 4.91. The van der Waals surface area contributed by atoms with E-state index in [1.165, 1.54) is 199 Å². The Morgan fingerprint density at radius 2 is 0.726 bits per heavy atom. The minimum atomic E-state index is -1.50. The smallest absolute Gasteiger partial charge is 0.361 e. The van der Waals surface area contributed by atoms with Crippen LogP contribution in [0.1, 0.15) is 264 Å². The Kier molecular flexibility index (Phi) is 44.6. The zero-order chi connectivity index (χ0) is 45.6. The average Bonchev–Trinajstić information content (AvgIpc) is 3.23. The van der Waals surface area contributed by atoms with Gasteiger partial charge >= 0.3 is 17.9 Å². The Bertz CT molecular complexity index is 985. The van der Waals surface area contributed by atoms with Gasteiger partial charge in [0.25, 0.3) is 6.29 Å². The number of carboxylic acid groups (broad SMARTS) is 1. The molecule has 0 aromatic heterocycles.